The predicted octanol–water partition coefficient (Wildman–Crippen LogP) is 2.10. The minimum Gasteiger partial charge on any atom is -0.445 e. The highest BCUT2D eigenvalue weighted by atomic mass is 16.5. The second-order valence-electron chi connectivity index (χ2n) is 5.73. The van der Waals surface area contributed by atoms with Gasteiger partial charge in [-0.1, -0.05) is 48.5 Å². The maximum absolute atomic E-state index is 12.4. The van der Waals surface area contributed by atoms with E-state index in [0.717, 1.165) is 11.1 Å². The molecule has 0 radical (unpaired) electrons. The summed E-state index contributed by atoms with van der Waals surface area (Å²) in [6.07, 6.45) is -1.14. The fraction of sp³-hybridized carbons (Fsp3) is 0.211. The van der Waals surface area contributed by atoms with Crippen molar-refractivity contribution in [3.63, 3.8) is 0 Å². The van der Waals surface area contributed by atoms with Crippen LogP contribution in [0.4, 0.5) is 10.5 Å². The van der Waals surface area contributed by atoms with Crippen molar-refractivity contribution in [2.75, 3.05) is 5.32 Å². The third-order valence-electron chi connectivity index (χ3n) is 3.63. The van der Waals surface area contributed by atoms with Gasteiger partial charge in [-0.15, -0.1) is 0 Å². The van der Waals surface area contributed by atoms with Gasteiger partial charge in [-0.2, -0.15) is 0 Å². The van der Waals surface area contributed by atoms with E-state index in [4.69, 9.17) is 10.5 Å². The Hall–Kier alpha value is -3.35. The fourth-order valence-corrected chi connectivity index (χ4v) is 2.25. The van der Waals surface area contributed by atoms with E-state index < -0.39 is 23.9 Å². The van der Waals surface area contributed by atoms with Gasteiger partial charge < -0.3 is 21.1 Å². The van der Waals surface area contributed by atoms with Crippen LogP contribution in [0.5, 0.6) is 0 Å². The standard InChI is InChI=1S/C19H21N3O4/c1-13-7-5-6-10-15(13)21-18(24)16(11-17(20)23)22-19(25)26-12-14-8-3-2-4-9-14/h2-10,16H,11-12H2,1H3,(H2,20,23)(H,21,24)(H,22,25)/t16-/m0/s1. The average Bonchev–Trinajstić information content (AvgIpc) is 2.62. The van der Waals surface area contributed by atoms with Crippen LogP contribution in [-0.2, 0) is 20.9 Å². The number of benzene rings is 2. The molecule has 0 aromatic heterocycles. The maximum atomic E-state index is 12.4. The molecule has 136 valence electrons. The first-order valence-corrected chi connectivity index (χ1v) is 8.07. The van der Waals surface area contributed by atoms with Gasteiger partial charge in [0, 0.05) is 5.69 Å². The highest BCUT2D eigenvalue weighted by Crippen LogP contribution is 2.14. The molecule has 0 spiro atoms. The number of para-hydroxylation sites is 1. The van der Waals surface area contributed by atoms with Crippen molar-refractivity contribution in [1.82, 2.24) is 5.32 Å². The Balaban J connectivity index is 1.97. The number of hydrogen-bond acceptors (Lipinski definition) is 4. The van der Waals surface area contributed by atoms with Crippen molar-refractivity contribution >= 4 is 23.6 Å². The van der Waals surface area contributed by atoms with Gasteiger partial charge >= 0.3 is 6.09 Å². The van der Waals surface area contributed by atoms with Gasteiger partial charge in [0.15, 0.2) is 0 Å². The van der Waals surface area contributed by atoms with Crippen LogP contribution in [0, 0.1) is 6.92 Å². The number of primary amides is 1. The van der Waals surface area contributed by atoms with Crippen LogP contribution in [0.2, 0.25) is 0 Å². The van der Waals surface area contributed by atoms with Crippen molar-refractivity contribution < 1.29 is 19.1 Å². The molecule has 0 fully saturated rings. The van der Waals surface area contributed by atoms with Crippen LogP contribution in [0.1, 0.15) is 17.5 Å². The van der Waals surface area contributed by atoms with Crippen molar-refractivity contribution in [1.29, 1.82) is 0 Å². The van der Waals surface area contributed by atoms with Crippen LogP contribution < -0.4 is 16.4 Å². The molecule has 0 unspecified atom stereocenters. The van der Waals surface area contributed by atoms with Crippen LogP contribution in [0.3, 0.4) is 0 Å². The Labute approximate surface area is 151 Å². The van der Waals surface area contributed by atoms with Gasteiger partial charge in [-0.25, -0.2) is 4.79 Å². The van der Waals surface area contributed by atoms with Crippen LogP contribution >= 0.6 is 0 Å². The Morgan fingerprint density at radius 1 is 1.04 bits per heavy atom. The van der Waals surface area contributed by atoms with Gasteiger partial charge in [-0.05, 0) is 24.1 Å². The number of amides is 3. The molecule has 3 amide bonds. The molecule has 0 saturated heterocycles. The number of anilines is 1. The molecular weight excluding hydrogens is 334 g/mol. The fourth-order valence-electron chi connectivity index (χ4n) is 2.25. The summed E-state index contributed by atoms with van der Waals surface area (Å²) in [6.45, 7) is 1.88. The first-order valence-electron chi connectivity index (χ1n) is 8.07. The molecule has 0 heterocycles. The molecule has 26 heavy (non-hydrogen) atoms. The smallest absolute Gasteiger partial charge is 0.408 e. The van der Waals surface area contributed by atoms with Gasteiger partial charge in [-0.3, -0.25) is 9.59 Å². The number of carbonyl (C=O) groups is 3. The third-order valence-corrected chi connectivity index (χ3v) is 3.63. The Bertz CT molecular complexity index is 777. The van der Waals surface area contributed by atoms with E-state index in [1.807, 2.05) is 37.3 Å². The second kappa shape index (κ2) is 9.22. The molecule has 0 aliphatic rings. The molecule has 0 saturated carbocycles. The van der Waals surface area contributed by atoms with E-state index >= 15 is 0 Å². The lowest BCUT2D eigenvalue weighted by Gasteiger charge is -2.18. The minimum atomic E-state index is -1.13. The molecule has 4 N–H and O–H groups in total. The molecule has 1 atom stereocenters. The highest BCUT2D eigenvalue weighted by molar-refractivity contribution is 5.99. The third kappa shape index (κ3) is 5.94. The largest absolute Gasteiger partial charge is 0.445 e. The molecular formula is C19H21N3O4. The van der Waals surface area contributed by atoms with E-state index in [0.29, 0.717) is 5.69 Å². The number of carbonyl (C=O) groups excluding carboxylic acids is 3. The van der Waals surface area contributed by atoms with Gasteiger partial charge in [0.1, 0.15) is 12.6 Å². The summed E-state index contributed by atoms with van der Waals surface area (Å²) >= 11 is 0. The van der Waals surface area contributed by atoms with Gasteiger partial charge in [0.2, 0.25) is 11.8 Å². The molecule has 0 bridgehead atoms. The number of alkyl carbamates (subject to hydrolysis) is 1. The average molecular weight is 355 g/mol. The summed E-state index contributed by atoms with van der Waals surface area (Å²) in [5.74, 6) is -1.26. The Morgan fingerprint density at radius 2 is 1.69 bits per heavy atom. The monoisotopic (exact) mass is 355 g/mol. The van der Waals surface area contributed by atoms with E-state index in [2.05, 4.69) is 10.6 Å². The molecule has 2 aromatic carbocycles. The van der Waals surface area contributed by atoms with Crippen molar-refractivity contribution in [3.8, 4) is 0 Å². The summed E-state index contributed by atoms with van der Waals surface area (Å²) in [7, 11) is 0. The number of nitrogens with two attached hydrogens (primary N) is 1. The normalized spacial score (nSPS) is 11.3. The highest BCUT2D eigenvalue weighted by Gasteiger charge is 2.24. The van der Waals surface area contributed by atoms with E-state index in [1.165, 1.54) is 0 Å². The number of hydrogen-bond donors (Lipinski definition) is 3. The molecule has 2 rings (SSSR count). The molecule has 2 aromatic rings. The lowest BCUT2D eigenvalue weighted by atomic mass is 10.1. The summed E-state index contributed by atoms with van der Waals surface area (Å²) < 4.78 is 5.08. The SMILES string of the molecule is Cc1ccccc1NC(=O)[C@H](CC(N)=O)NC(=O)OCc1ccccc1. The molecule has 7 nitrogen and oxygen atoms in total. The zero-order valence-electron chi connectivity index (χ0n) is 14.4. The van der Waals surface area contributed by atoms with Crippen molar-refractivity contribution in [2.24, 2.45) is 5.73 Å². The maximum Gasteiger partial charge on any atom is 0.408 e. The van der Waals surface area contributed by atoms with Gasteiger partial charge in [0.05, 0.1) is 6.42 Å². The summed E-state index contributed by atoms with van der Waals surface area (Å²) in [4.78, 5) is 35.6. The number of rotatable bonds is 7. The predicted molar refractivity (Wildman–Crippen MR) is 97.2 cm³/mol. The Kier molecular flexibility index (Phi) is 6.73. The first kappa shape index (κ1) is 19.0. The Morgan fingerprint density at radius 3 is 2.35 bits per heavy atom. The number of aryl methyl sites for hydroxylation is 1. The van der Waals surface area contributed by atoms with Crippen molar-refractivity contribution in [3.05, 3.63) is 65.7 Å². The van der Waals surface area contributed by atoms with E-state index in [-0.39, 0.29) is 13.0 Å². The summed E-state index contributed by atoms with van der Waals surface area (Å²) in [5, 5.41) is 5.06. The first-order chi connectivity index (χ1) is 12.5. The topological polar surface area (TPSA) is 111 Å². The lowest BCUT2D eigenvalue weighted by molar-refractivity contribution is -0.123. The van der Waals surface area contributed by atoms with Crippen LogP contribution in [-0.4, -0.2) is 23.9 Å². The molecule has 7 heteroatoms. The molecule has 0 aliphatic heterocycles. The summed E-state index contributed by atoms with van der Waals surface area (Å²) in [5.41, 5.74) is 7.43. The minimum absolute atomic E-state index is 0.0510. The zero-order valence-corrected chi connectivity index (χ0v) is 14.4. The van der Waals surface area contributed by atoms with E-state index in [9.17, 15) is 14.4 Å². The second-order valence-corrected chi connectivity index (χ2v) is 5.73. The zero-order chi connectivity index (χ0) is 18.9. The lowest BCUT2D eigenvalue weighted by Crippen LogP contribution is -2.46. The number of nitrogens with one attached hydrogen (secondary N) is 2. The van der Waals surface area contributed by atoms with Crippen LogP contribution in [0.15, 0.2) is 54.6 Å². The van der Waals surface area contributed by atoms with E-state index in [1.54, 1.807) is 24.3 Å². The number of ether oxygens (including phenoxy) is 1. The molecule has 0 aliphatic carbocycles. The quantitative estimate of drug-likeness (QED) is 0.706. The van der Waals surface area contributed by atoms with Crippen molar-refractivity contribution in [2.45, 2.75) is 26.0 Å². The van der Waals surface area contributed by atoms with Crippen LogP contribution in [0.25, 0.3) is 0 Å². The van der Waals surface area contributed by atoms with Gasteiger partial charge in [0.25, 0.3) is 0 Å². The summed E-state index contributed by atoms with van der Waals surface area (Å²) in [6, 6.07) is 15.1.